The predicted octanol–water partition coefficient (Wildman–Crippen LogP) is 2.35. The molecular weight excluding hydrogens is 278 g/mol. The molecule has 1 aromatic heterocycles. The molecule has 0 aliphatic rings. The molecule has 0 saturated carbocycles. The summed E-state index contributed by atoms with van der Waals surface area (Å²) >= 11 is 0. The number of carbonyl (C=O) groups is 1. The van der Waals surface area contributed by atoms with Crippen molar-refractivity contribution in [3.63, 3.8) is 0 Å². The first-order chi connectivity index (χ1) is 10.5. The fourth-order valence-electron chi connectivity index (χ4n) is 2.42. The number of hydrogen-bond acceptors (Lipinski definition) is 3. The summed E-state index contributed by atoms with van der Waals surface area (Å²) in [6.45, 7) is 5.16. The SMILES string of the molecule is CCCCN(C)C(=O)CCn1cnc2c(C)cccc2c1=O. The van der Waals surface area contributed by atoms with Gasteiger partial charge in [0.25, 0.3) is 5.56 Å². The third kappa shape index (κ3) is 3.53. The molecule has 2 aromatic rings. The molecule has 0 spiro atoms. The second-order valence-electron chi connectivity index (χ2n) is 5.63. The Labute approximate surface area is 130 Å². The maximum atomic E-state index is 12.4. The Hall–Kier alpha value is -2.17. The number of aromatic nitrogens is 2. The summed E-state index contributed by atoms with van der Waals surface area (Å²) in [6.07, 6.45) is 3.92. The molecule has 22 heavy (non-hydrogen) atoms. The molecule has 0 saturated heterocycles. The summed E-state index contributed by atoms with van der Waals surface area (Å²) < 4.78 is 1.52. The van der Waals surface area contributed by atoms with E-state index in [0.717, 1.165) is 30.5 Å². The van der Waals surface area contributed by atoms with Crippen LogP contribution in [0, 0.1) is 6.92 Å². The first-order valence-electron chi connectivity index (χ1n) is 7.73. The Morgan fingerprint density at radius 2 is 2.14 bits per heavy atom. The fourth-order valence-corrected chi connectivity index (χ4v) is 2.42. The lowest BCUT2D eigenvalue weighted by Gasteiger charge is -2.17. The molecule has 0 atom stereocenters. The van der Waals surface area contributed by atoms with Gasteiger partial charge in [-0.3, -0.25) is 14.2 Å². The molecule has 118 valence electrons. The lowest BCUT2D eigenvalue weighted by Crippen LogP contribution is -2.30. The van der Waals surface area contributed by atoms with Gasteiger partial charge in [-0.25, -0.2) is 4.98 Å². The predicted molar refractivity (Wildman–Crippen MR) is 87.9 cm³/mol. The Bertz CT molecular complexity index is 721. The normalized spacial score (nSPS) is 10.9. The summed E-state index contributed by atoms with van der Waals surface area (Å²) in [5, 5.41) is 0.606. The van der Waals surface area contributed by atoms with Crippen LogP contribution in [-0.2, 0) is 11.3 Å². The van der Waals surface area contributed by atoms with Crippen LogP contribution in [0.2, 0.25) is 0 Å². The summed E-state index contributed by atoms with van der Waals surface area (Å²) in [7, 11) is 1.81. The van der Waals surface area contributed by atoms with Gasteiger partial charge < -0.3 is 4.90 Å². The van der Waals surface area contributed by atoms with Crippen molar-refractivity contribution in [1.82, 2.24) is 14.5 Å². The standard InChI is InChI=1S/C17H23N3O2/c1-4-5-10-19(3)15(21)9-11-20-12-18-16-13(2)7-6-8-14(16)17(20)22/h6-8,12H,4-5,9-11H2,1-3H3. The molecule has 0 unspecified atom stereocenters. The van der Waals surface area contributed by atoms with E-state index in [1.807, 2.05) is 26.1 Å². The maximum Gasteiger partial charge on any atom is 0.261 e. The molecule has 0 bridgehead atoms. The fraction of sp³-hybridized carbons (Fsp3) is 0.471. The van der Waals surface area contributed by atoms with Crippen molar-refractivity contribution in [2.45, 2.75) is 39.7 Å². The van der Waals surface area contributed by atoms with Crippen molar-refractivity contribution in [2.24, 2.45) is 0 Å². The Kier molecular flexibility index (Phi) is 5.31. The number of aryl methyl sites for hydroxylation is 2. The first-order valence-corrected chi connectivity index (χ1v) is 7.73. The van der Waals surface area contributed by atoms with Gasteiger partial charge in [0.1, 0.15) is 0 Å². The lowest BCUT2D eigenvalue weighted by molar-refractivity contribution is -0.130. The second kappa shape index (κ2) is 7.20. The number of unbranched alkanes of at least 4 members (excludes halogenated alkanes) is 1. The van der Waals surface area contributed by atoms with E-state index in [0.29, 0.717) is 18.4 Å². The van der Waals surface area contributed by atoms with Crippen molar-refractivity contribution in [1.29, 1.82) is 0 Å². The number of fused-ring (bicyclic) bond motifs is 1. The molecule has 1 heterocycles. The highest BCUT2D eigenvalue weighted by atomic mass is 16.2. The largest absolute Gasteiger partial charge is 0.346 e. The third-order valence-electron chi connectivity index (χ3n) is 3.89. The Morgan fingerprint density at radius 3 is 2.86 bits per heavy atom. The average Bonchev–Trinajstić information content (AvgIpc) is 2.52. The summed E-state index contributed by atoms with van der Waals surface area (Å²) in [5.74, 6) is 0.0599. The van der Waals surface area contributed by atoms with Gasteiger partial charge in [-0.15, -0.1) is 0 Å². The van der Waals surface area contributed by atoms with Crippen molar-refractivity contribution >= 4 is 16.8 Å². The monoisotopic (exact) mass is 301 g/mol. The third-order valence-corrected chi connectivity index (χ3v) is 3.89. The van der Waals surface area contributed by atoms with E-state index >= 15 is 0 Å². The van der Waals surface area contributed by atoms with Crippen LogP contribution >= 0.6 is 0 Å². The van der Waals surface area contributed by atoms with Gasteiger partial charge in [-0.2, -0.15) is 0 Å². The highest BCUT2D eigenvalue weighted by Gasteiger charge is 2.10. The van der Waals surface area contributed by atoms with Crippen LogP contribution < -0.4 is 5.56 Å². The molecule has 0 N–H and O–H groups in total. The van der Waals surface area contributed by atoms with Crippen LogP contribution in [0.15, 0.2) is 29.3 Å². The molecule has 5 heteroatoms. The zero-order chi connectivity index (χ0) is 16.1. The van der Waals surface area contributed by atoms with E-state index in [1.165, 1.54) is 10.9 Å². The molecule has 1 aromatic carbocycles. The maximum absolute atomic E-state index is 12.4. The van der Waals surface area contributed by atoms with Crippen LogP contribution in [0.5, 0.6) is 0 Å². The smallest absolute Gasteiger partial charge is 0.261 e. The zero-order valence-corrected chi connectivity index (χ0v) is 13.5. The summed E-state index contributed by atoms with van der Waals surface area (Å²) in [4.78, 5) is 30.6. The van der Waals surface area contributed by atoms with Gasteiger partial charge in [0.05, 0.1) is 17.2 Å². The molecule has 0 fully saturated rings. The quantitative estimate of drug-likeness (QED) is 0.823. The number of benzene rings is 1. The molecule has 2 rings (SSSR count). The minimum atomic E-state index is -0.0855. The molecule has 1 amide bonds. The van der Waals surface area contributed by atoms with Gasteiger partial charge in [0.2, 0.25) is 5.91 Å². The van der Waals surface area contributed by atoms with Crippen LogP contribution in [-0.4, -0.2) is 34.0 Å². The van der Waals surface area contributed by atoms with Crippen molar-refractivity contribution in [2.75, 3.05) is 13.6 Å². The molecule has 0 radical (unpaired) electrons. The Balaban J connectivity index is 2.11. The number of amides is 1. The van der Waals surface area contributed by atoms with Crippen LogP contribution in [0.25, 0.3) is 10.9 Å². The average molecular weight is 301 g/mol. The number of hydrogen-bond donors (Lipinski definition) is 0. The minimum absolute atomic E-state index is 0.0599. The van der Waals surface area contributed by atoms with E-state index in [1.54, 1.807) is 11.0 Å². The molecule has 5 nitrogen and oxygen atoms in total. The van der Waals surface area contributed by atoms with Gasteiger partial charge in [0, 0.05) is 26.6 Å². The van der Waals surface area contributed by atoms with Crippen LogP contribution in [0.1, 0.15) is 31.7 Å². The number of rotatable bonds is 6. The number of nitrogens with zero attached hydrogens (tertiary/aromatic N) is 3. The van der Waals surface area contributed by atoms with Gasteiger partial charge in [-0.1, -0.05) is 25.5 Å². The number of para-hydroxylation sites is 1. The summed E-state index contributed by atoms with van der Waals surface area (Å²) in [5.41, 5.74) is 1.63. The van der Waals surface area contributed by atoms with E-state index in [4.69, 9.17) is 0 Å². The van der Waals surface area contributed by atoms with Crippen LogP contribution in [0.3, 0.4) is 0 Å². The topological polar surface area (TPSA) is 55.2 Å². The lowest BCUT2D eigenvalue weighted by atomic mass is 10.1. The minimum Gasteiger partial charge on any atom is -0.346 e. The van der Waals surface area contributed by atoms with Crippen molar-refractivity contribution in [3.05, 3.63) is 40.4 Å². The molecular formula is C17H23N3O2. The van der Waals surface area contributed by atoms with E-state index in [9.17, 15) is 9.59 Å². The van der Waals surface area contributed by atoms with E-state index in [2.05, 4.69) is 11.9 Å². The van der Waals surface area contributed by atoms with Gasteiger partial charge >= 0.3 is 0 Å². The Morgan fingerprint density at radius 1 is 1.36 bits per heavy atom. The number of carbonyl (C=O) groups excluding carboxylic acids is 1. The molecule has 0 aliphatic carbocycles. The first kappa shape index (κ1) is 16.2. The van der Waals surface area contributed by atoms with E-state index < -0.39 is 0 Å². The highest BCUT2D eigenvalue weighted by molar-refractivity contribution is 5.80. The van der Waals surface area contributed by atoms with Crippen LogP contribution in [0.4, 0.5) is 0 Å². The second-order valence-corrected chi connectivity index (χ2v) is 5.63. The van der Waals surface area contributed by atoms with Gasteiger partial charge in [-0.05, 0) is 25.0 Å². The molecule has 0 aliphatic heterocycles. The highest BCUT2D eigenvalue weighted by Crippen LogP contribution is 2.11. The summed E-state index contributed by atoms with van der Waals surface area (Å²) in [6, 6.07) is 5.57. The van der Waals surface area contributed by atoms with Crippen molar-refractivity contribution < 1.29 is 4.79 Å². The van der Waals surface area contributed by atoms with Crippen molar-refractivity contribution in [3.8, 4) is 0 Å². The zero-order valence-electron chi connectivity index (χ0n) is 13.5. The van der Waals surface area contributed by atoms with Gasteiger partial charge in [0.15, 0.2) is 0 Å². The van der Waals surface area contributed by atoms with E-state index in [-0.39, 0.29) is 11.5 Å².